The molecule has 0 saturated heterocycles. The molecule has 0 saturated carbocycles. The van der Waals surface area contributed by atoms with Crippen LogP contribution in [0.4, 0.5) is 0 Å². The van der Waals surface area contributed by atoms with Gasteiger partial charge in [0.25, 0.3) is 0 Å². The van der Waals surface area contributed by atoms with Gasteiger partial charge in [-0.1, -0.05) is 19.1 Å². The highest BCUT2D eigenvalue weighted by Crippen LogP contribution is 2.18. The first-order valence-electron chi connectivity index (χ1n) is 4.94. The Morgan fingerprint density at radius 1 is 1.29 bits per heavy atom. The Morgan fingerprint density at radius 3 is 2.43 bits per heavy atom. The summed E-state index contributed by atoms with van der Waals surface area (Å²) >= 11 is 0. The highest BCUT2D eigenvalue weighted by Gasteiger charge is 2.05. The van der Waals surface area contributed by atoms with Crippen molar-refractivity contribution in [2.24, 2.45) is 0 Å². The molecule has 2 nitrogen and oxygen atoms in total. The van der Waals surface area contributed by atoms with Crippen LogP contribution in [-0.2, 0) is 24.4 Å². The molecule has 0 unspecified atom stereocenters. The van der Waals surface area contributed by atoms with Gasteiger partial charge in [-0.15, -0.1) is 0 Å². The van der Waals surface area contributed by atoms with Crippen molar-refractivity contribution >= 4 is 0 Å². The van der Waals surface area contributed by atoms with E-state index >= 15 is 0 Å². The van der Waals surface area contributed by atoms with Gasteiger partial charge in [0, 0.05) is 7.11 Å². The van der Waals surface area contributed by atoms with E-state index in [0.29, 0.717) is 6.61 Å². The SMILES string of the molecule is CCc1cc(CO)cc(COC)c1C. The van der Waals surface area contributed by atoms with E-state index in [4.69, 9.17) is 9.84 Å². The highest BCUT2D eigenvalue weighted by atomic mass is 16.5. The lowest BCUT2D eigenvalue weighted by molar-refractivity contribution is 0.184. The predicted molar refractivity (Wildman–Crippen MR) is 57.2 cm³/mol. The summed E-state index contributed by atoms with van der Waals surface area (Å²) < 4.78 is 5.13. The van der Waals surface area contributed by atoms with Gasteiger partial charge in [0.05, 0.1) is 13.2 Å². The Hall–Kier alpha value is -0.860. The van der Waals surface area contributed by atoms with Crippen LogP contribution in [0, 0.1) is 6.92 Å². The molecule has 0 aliphatic rings. The van der Waals surface area contributed by atoms with Crippen LogP contribution >= 0.6 is 0 Å². The third-order valence-corrected chi connectivity index (χ3v) is 2.55. The van der Waals surface area contributed by atoms with Crippen molar-refractivity contribution in [1.82, 2.24) is 0 Å². The molecule has 0 aliphatic heterocycles. The summed E-state index contributed by atoms with van der Waals surface area (Å²) in [6.07, 6.45) is 0.996. The lowest BCUT2D eigenvalue weighted by atomic mass is 9.98. The third-order valence-electron chi connectivity index (χ3n) is 2.55. The van der Waals surface area contributed by atoms with Gasteiger partial charge in [0.2, 0.25) is 0 Å². The lowest BCUT2D eigenvalue weighted by Crippen LogP contribution is -1.99. The molecule has 2 heteroatoms. The molecule has 0 spiro atoms. The minimum absolute atomic E-state index is 0.101. The topological polar surface area (TPSA) is 29.5 Å². The fourth-order valence-corrected chi connectivity index (χ4v) is 1.68. The second-order valence-corrected chi connectivity index (χ2v) is 3.48. The molecule has 0 heterocycles. The first-order valence-corrected chi connectivity index (χ1v) is 4.94. The molecule has 0 fully saturated rings. The molecule has 0 bridgehead atoms. The maximum atomic E-state index is 9.10. The fraction of sp³-hybridized carbons (Fsp3) is 0.500. The number of aliphatic hydroxyl groups excluding tert-OH is 1. The molecule has 0 radical (unpaired) electrons. The maximum absolute atomic E-state index is 9.10. The van der Waals surface area contributed by atoms with E-state index in [-0.39, 0.29) is 6.61 Å². The van der Waals surface area contributed by atoms with Gasteiger partial charge in [-0.3, -0.25) is 0 Å². The number of aliphatic hydroxyl groups is 1. The molecule has 0 amide bonds. The number of hydrogen-bond acceptors (Lipinski definition) is 2. The smallest absolute Gasteiger partial charge is 0.0715 e. The molecular formula is C12H18O2. The van der Waals surface area contributed by atoms with Gasteiger partial charge in [-0.05, 0) is 35.6 Å². The summed E-state index contributed by atoms with van der Waals surface area (Å²) in [7, 11) is 1.69. The van der Waals surface area contributed by atoms with Crippen LogP contribution in [-0.4, -0.2) is 12.2 Å². The normalized spacial score (nSPS) is 10.6. The Labute approximate surface area is 85.5 Å². The molecule has 1 rings (SSSR count). The summed E-state index contributed by atoms with van der Waals surface area (Å²) in [6, 6.07) is 4.08. The van der Waals surface area contributed by atoms with Crippen molar-refractivity contribution in [2.45, 2.75) is 33.5 Å². The average Bonchev–Trinajstić information content (AvgIpc) is 2.21. The predicted octanol–water partition coefficient (Wildman–Crippen LogP) is 2.20. The first-order chi connectivity index (χ1) is 6.72. The van der Waals surface area contributed by atoms with E-state index in [1.807, 2.05) is 6.07 Å². The molecule has 1 aromatic rings. The Balaban J connectivity index is 3.12. The second kappa shape index (κ2) is 5.13. The summed E-state index contributed by atoms with van der Waals surface area (Å²) in [5.41, 5.74) is 4.73. The van der Waals surface area contributed by atoms with Gasteiger partial charge in [-0.2, -0.15) is 0 Å². The number of aryl methyl sites for hydroxylation is 1. The van der Waals surface area contributed by atoms with Crippen LogP contribution in [0.3, 0.4) is 0 Å². The van der Waals surface area contributed by atoms with E-state index in [1.165, 1.54) is 16.7 Å². The first kappa shape index (κ1) is 11.2. The number of ether oxygens (including phenoxy) is 1. The molecule has 0 aliphatic carbocycles. The monoisotopic (exact) mass is 194 g/mol. The summed E-state index contributed by atoms with van der Waals surface area (Å²) in [6.45, 7) is 4.95. The van der Waals surface area contributed by atoms with E-state index in [1.54, 1.807) is 7.11 Å². The second-order valence-electron chi connectivity index (χ2n) is 3.48. The summed E-state index contributed by atoms with van der Waals surface area (Å²) in [4.78, 5) is 0. The number of benzene rings is 1. The number of hydrogen-bond donors (Lipinski definition) is 1. The molecule has 0 atom stereocenters. The standard InChI is InChI=1S/C12H18O2/c1-4-11-5-10(7-13)6-12(8-14-3)9(11)2/h5-6,13H,4,7-8H2,1-3H3. The van der Waals surface area contributed by atoms with Crippen molar-refractivity contribution < 1.29 is 9.84 Å². The molecule has 0 aromatic heterocycles. The van der Waals surface area contributed by atoms with Crippen molar-refractivity contribution in [3.8, 4) is 0 Å². The van der Waals surface area contributed by atoms with Crippen LogP contribution in [0.2, 0.25) is 0 Å². The zero-order valence-electron chi connectivity index (χ0n) is 9.13. The van der Waals surface area contributed by atoms with Crippen molar-refractivity contribution in [2.75, 3.05) is 7.11 Å². The Morgan fingerprint density at radius 2 is 1.93 bits per heavy atom. The van der Waals surface area contributed by atoms with E-state index in [9.17, 15) is 0 Å². The zero-order valence-corrected chi connectivity index (χ0v) is 9.13. The van der Waals surface area contributed by atoms with E-state index < -0.39 is 0 Å². The van der Waals surface area contributed by atoms with Crippen LogP contribution < -0.4 is 0 Å². The molecule has 1 N–H and O–H groups in total. The van der Waals surface area contributed by atoms with E-state index in [0.717, 1.165) is 12.0 Å². The van der Waals surface area contributed by atoms with Crippen LogP contribution in [0.25, 0.3) is 0 Å². The highest BCUT2D eigenvalue weighted by molar-refractivity contribution is 5.38. The minimum atomic E-state index is 0.101. The van der Waals surface area contributed by atoms with Crippen LogP contribution in [0.15, 0.2) is 12.1 Å². The Kier molecular flexibility index (Phi) is 4.11. The van der Waals surface area contributed by atoms with Crippen molar-refractivity contribution in [3.63, 3.8) is 0 Å². The van der Waals surface area contributed by atoms with Gasteiger partial charge in [0.1, 0.15) is 0 Å². The van der Waals surface area contributed by atoms with Crippen molar-refractivity contribution in [1.29, 1.82) is 0 Å². The lowest BCUT2D eigenvalue weighted by Gasteiger charge is -2.11. The number of methoxy groups -OCH3 is 1. The van der Waals surface area contributed by atoms with Gasteiger partial charge >= 0.3 is 0 Å². The fourth-order valence-electron chi connectivity index (χ4n) is 1.68. The molecule has 1 aromatic carbocycles. The number of rotatable bonds is 4. The maximum Gasteiger partial charge on any atom is 0.0715 e. The molecule has 78 valence electrons. The molecular weight excluding hydrogens is 176 g/mol. The summed E-state index contributed by atoms with van der Waals surface area (Å²) in [5.74, 6) is 0. The van der Waals surface area contributed by atoms with Crippen molar-refractivity contribution in [3.05, 3.63) is 34.4 Å². The van der Waals surface area contributed by atoms with Gasteiger partial charge in [-0.25, -0.2) is 0 Å². The Bertz CT molecular complexity index is 305. The van der Waals surface area contributed by atoms with Gasteiger partial charge in [0.15, 0.2) is 0 Å². The largest absolute Gasteiger partial charge is 0.392 e. The van der Waals surface area contributed by atoms with Crippen LogP contribution in [0.1, 0.15) is 29.2 Å². The summed E-state index contributed by atoms with van der Waals surface area (Å²) in [5, 5.41) is 9.10. The molecule has 14 heavy (non-hydrogen) atoms. The minimum Gasteiger partial charge on any atom is -0.392 e. The van der Waals surface area contributed by atoms with Gasteiger partial charge < -0.3 is 9.84 Å². The third kappa shape index (κ3) is 2.34. The quantitative estimate of drug-likeness (QED) is 0.796. The zero-order chi connectivity index (χ0) is 10.6. The average molecular weight is 194 g/mol. The van der Waals surface area contributed by atoms with Crippen LogP contribution in [0.5, 0.6) is 0 Å². The van der Waals surface area contributed by atoms with E-state index in [2.05, 4.69) is 19.9 Å².